The molecular weight excluding hydrogens is 543 g/mol. The predicted octanol–water partition coefficient (Wildman–Crippen LogP) is 5.96. The maximum absolute atomic E-state index is 14.0. The van der Waals surface area contributed by atoms with Crippen LogP contribution >= 0.6 is 0 Å². The lowest BCUT2D eigenvalue weighted by molar-refractivity contribution is -0.154. The Bertz CT molecular complexity index is 1930. The fourth-order valence-corrected chi connectivity index (χ4v) is 4.52. The summed E-state index contributed by atoms with van der Waals surface area (Å²) in [6.45, 7) is -0.735. The van der Waals surface area contributed by atoms with Crippen LogP contribution in [0.3, 0.4) is 0 Å². The number of amides is 2. The maximum Gasteiger partial charge on any atom is 0.453 e. The van der Waals surface area contributed by atoms with Crippen molar-refractivity contribution in [3.8, 4) is 17.2 Å². The number of hydrogen-bond donors (Lipinski definition) is 0. The van der Waals surface area contributed by atoms with Gasteiger partial charge in [0.15, 0.2) is 0 Å². The number of esters is 1. The molecule has 0 unspecified atom stereocenters. The molecule has 5 aromatic rings. The first-order valence-corrected chi connectivity index (χ1v) is 12.1. The Labute approximate surface area is 228 Å². The van der Waals surface area contributed by atoms with E-state index in [1.54, 1.807) is 36.4 Å². The Morgan fingerprint density at radius 3 is 2.10 bits per heavy atom. The van der Waals surface area contributed by atoms with Gasteiger partial charge in [-0.2, -0.15) is 13.2 Å². The van der Waals surface area contributed by atoms with E-state index < -0.39 is 53.0 Å². The van der Waals surface area contributed by atoms with Crippen molar-refractivity contribution in [2.45, 2.75) is 6.18 Å². The Hall–Kier alpha value is -5.45. The average molecular weight is 559 g/mol. The third-order valence-corrected chi connectivity index (χ3v) is 6.42. The summed E-state index contributed by atoms with van der Waals surface area (Å²) in [7, 11) is 0. The number of rotatable bonds is 5. The minimum Gasteiger partial charge on any atom is -0.449 e. The molecular formula is C30H16F3NO7. The van der Waals surface area contributed by atoms with Crippen molar-refractivity contribution in [2.24, 2.45) is 0 Å². The standard InChI is InChI=1S/C30H16F3NO7/c31-30(32,33)27-26(40-18-10-9-16-5-1-2-6-17(16)13-18)25(36)22-12-11-19(14-23(22)41-27)39-24(35)15-34-28(37)20-7-3-4-8-21(20)29(34)38/h1-14H,15H2. The fraction of sp³-hybridized carbons (Fsp3) is 0.0667. The molecule has 8 nitrogen and oxygen atoms in total. The van der Waals surface area contributed by atoms with Crippen molar-refractivity contribution in [1.29, 1.82) is 0 Å². The molecule has 1 aliphatic rings. The zero-order valence-electron chi connectivity index (χ0n) is 20.7. The molecule has 4 aromatic carbocycles. The van der Waals surface area contributed by atoms with Gasteiger partial charge in [0.05, 0.1) is 16.5 Å². The van der Waals surface area contributed by atoms with Gasteiger partial charge in [-0.15, -0.1) is 0 Å². The van der Waals surface area contributed by atoms with Crippen LogP contribution in [0.25, 0.3) is 21.7 Å². The van der Waals surface area contributed by atoms with Crippen LogP contribution in [-0.2, 0) is 11.0 Å². The second-order valence-electron chi connectivity index (χ2n) is 9.07. The molecule has 0 saturated heterocycles. The molecule has 0 spiro atoms. The molecule has 11 heteroatoms. The maximum atomic E-state index is 14.0. The molecule has 41 heavy (non-hydrogen) atoms. The molecule has 204 valence electrons. The molecule has 1 aliphatic heterocycles. The predicted molar refractivity (Wildman–Crippen MR) is 139 cm³/mol. The summed E-state index contributed by atoms with van der Waals surface area (Å²) >= 11 is 0. The Morgan fingerprint density at radius 2 is 1.41 bits per heavy atom. The second kappa shape index (κ2) is 9.63. The summed E-state index contributed by atoms with van der Waals surface area (Å²) in [5.41, 5.74) is -1.33. The average Bonchev–Trinajstić information content (AvgIpc) is 3.18. The summed E-state index contributed by atoms with van der Waals surface area (Å²) in [6, 6.07) is 21.0. The van der Waals surface area contributed by atoms with Gasteiger partial charge < -0.3 is 13.9 Å². The number of imide groups is 1. The van der Waals surface area contributed by atoms with E-state index in [-0.39, 0.29) is 28.0 Å². The highest BCUT2D eigenvalue weighted by atomic mass is 19.4. The van der Waals surface area contributed by atoms with E-state index in [9.17, 15) is 32.3 Å². The van der Waals surface area contributed by atoms with E-state index in [1.165, 1.54) is 30.3 Å². The van der Waals surface area contributed by atoms with Crippen molar-refractivity contribution >= 4 is 39.5 Å². The monoisotopic (exact) mass is 559 g/mol. The van der Waals surface area contributed by atoms with Gasteiger partial charge in [-0.05, 0) is 47.2 Å². The number of carbonyl (C=O) groups excluding carboxylic acids is 3. The number of ether oxygens (including phenoxy) is 2. The molecule has 0 saturated carbocycles. The van der Waals surface area contributed by atoms with Gasteiger partial charge in [0.1, 0.15) is 23.6 Å². The Kier molecular flexibility index (Phi) is 6.06. The summed E-state index contributed by atoms with van der Waals surface area (Å²) in [6.07, 6.45) is -5.10. The number of halogens is 3. The van der Waals surface area contributed by atoms with Crippen LogP contribution in [0.1, 0.15) is 26.5 Å². The molecule has 0 aliphatic carbocycles. The normalized spacial score (nSPS) is 13.1. The minimum absolute atomic E-state index is 0.000409. The van der Waals surface area contributed by atoms with E-state index in [0.29, 0.717) is 10.3 Å². The van der Waals surface area contributed by atoms with Gasteiger partial charge >= 0.3 is 12.1 Å². The molecule has 2 amide bonds. The second-order valence-corrected chi connectivity index (χ2v) is 9.07. The largest absolute Gasteiger partial charge is 0.453 e. The van der Waals surface area contributed by atoms with Crippen molar-refractivity contribution in [2.75, 3.05) is 6.54 Å². The van der Waals surface area contributed by atoms with E-state index >= 15 is 0 Å². The SMILES string of the molecule is O=C(CN1C(=O)c2ccccc2C1=O)Oc1ccc2c(=O)c(Oc3ccc4ccccc4c3)c(C(F)(F)F)oc2c1. The minimum atomic E-state index is -5.10. The Balaban J connectivity index is 1.29. The first-order chi connectivity index (χ1) is 19.6. The number of nitrogens with zero attached hydrogens (tertiary/aromatic N) is 1. The van der Waals surface area contributed by atoms with E-state index in [4.69, 9.17) is 13.9 Å². The number of carbonyl (C=O) groups is 3. The fourth-order valence-electron chi connectivity index (χ4n) is 4.52. The van der Waals surface area contributed by atoms with Gasteiger partial charge in [-0.1, -0.05) is 42.5 Å². The van der Waals surface area contributed by atoms with Crippen molar-refractivity contribution < 1.29 is 41.4 Å². The third-order valence-electron chi connectivity index (χ3n) is 6.42. The van der Waals surface area contributed by atoms with Crippen LogP contribution in [0.5, 0.6) is 17.2 Å². The molecule has 0 atom stereocenters. The molecule has 1 aromatic heterocycles. The lowest BCUT2D eigenvalue weighted by atomic mass is 10.1. The van der Waals surface area contributed by atoms with Crippen molar-refractivity contribution in [1.82, 2.24) is 4.90 Å². The Morgan fingerprint density at radius 1 is 0.780 bits per heavy atom. The zero-order chi connectivity index (χ0) is 28.9. The van der Waals surface area contributed by atoms with Crippen LogP contribution < -0.4 is 14.9 Å². The lowest BCUT2D eigenvalue weighted by Crippen LogP contribution is -2.36. The number of alkyl halides is 3. The lowest BCUT2D eigenvalue weighted by Gasteiger charge is -2.15. The zero-order valence-corrected chi connectivity index (χ0v) is 20.7. The van der Waals surface area contributed by atoms with Crippen LogP contribution in [0, 0.1) is 0 Å². The first-order valence-electron chi connectivity index (χ1n) is 12.1. The van der Waals surface area contributed by atoms with Gasteiger partial charge in [0, 0.05) is 6.07 Å². The van der Waals surface area contributed by atoms with E-state index in [2.05, 4.69) is 0 Å². The summed E-state index contributed by atoms with van der Waals surface area (Å²) in [5, 5.41) is 1.26. The third kappa shape index (κ3) is 4.67. The topological polar surface area (TPSA) is 103 Å². The molecule has 0 fully saturated rings. The van der Waals surface area contributed by atoms with Crippen molar-refractivity contribution in [3.05, 3.63) is 112 Å². The highest BCUT2D eigenvalue weighted by Crippen LogP contribution is 2.39. The van der Waals surface area contributed by atoms with Crippen LogP contribution in [0.15, 0.2) is 94.1 Å². The molecule has 2 heterocycles. The highest BCUT2D eigenvalue weighted by Gasteiger charge is 2.41. The summed E-state index contributed by atoms with van der Waals surface area (Å²) < 4.78 is 57.5. The van der Waals surface area contributed by atoms with Gasteiger partial charge in [-0.3, -0.25) is 19.3 Å². The highest BCUT2D eigenvalue weighted by molar-refractivity contribution is 6.22. The summed E-state index contributed by atoms with van der Waals surface area (Å²) in [4.78, 5) is 51.4. The van der Waals surface area contributed by atoms with Gasteiger partial charge in [0.25, 0.3) is 17.6 Å². The van der Waals surface area contributed by atoms with E-state index in [1.807, 2.05) is 6.07 Å². The van der Waals surface area contributed by atoms with Gasteiger partial charge in [-0.25, -0.2) is 4.79 Å². The number of benzene rings is 4. The van der Waals surface area contributed by atoms with Crippen LogP contribution in [0.2, 0.25) is 0 Å². The van der Waals surface area contributed by atoms with Crippen LogP contribution in [0.4, 0.5) is 13.2 Å². The van der Waals surface area contributed by atoms with Gasteiger partial charge in [0.2, 0.25) is 11.2 Å². The number of fused-ring (bicyclic) bond motifs is 3. The summed E-state index contributed by atoms with van der Waals surface area (Å²) in [5.74, 6) is -5.37. The molecule has 0 radical (unpaired) electrons. The number of hydrogen-bond acceptors (Lipinski definition) is 7. The van der Waals surface area contributed by atoms with Crippen molar-refractivity contribution in [3.63, 3.8) is 0 Å². The molecule has 0 bridgehead atoms. The molecule has 6 rings (SSSR count). The quantitative estimate of drug-likeness (QED) is 0.149. The van der Waals surface area contributed by atoms with Crippen LogP contribution in [-0.4, -0.2) is 29.2 Å². The smallest absolute Gasteiger partial charge is 0.449 e. The molecule has 0 N–H and O–H groups in total. The van der Waals surface area contributed by atoms with E-state index in [0.717, 1.165) is 17.5 Å². The first kappa shape index (κ1) is 25.8.